The van der Waals surface area contributed by atoms with Crippen molar-refractivity contribution in [1.82, 2.24) is 0 Å². The van der Waals surface area contributed by atoms with Crippen molar-refractivity contribution in [2.24, 2.45) is 0 Å². The Morgan fingerprint density at radius 1 is 0.967 bits per heavy atom. The molecule has 6 heteroatoms. The minimum atomic E-state index is -0.304. The average molecular weight is 467 g/mol. The zero-order chi connectivity index (χ0) is 21.5. The van der Waals surface area contributed by atoms with Gasteiger partial charge in [0.1, 0.15) is 5.75 Å². The van der Waals surface area contributed by atoms with Crippen LogP contribution in [0.1, 0.15) is 34.6 Å². The second kappa shape index (κ2) is 10.1. The normalized spacial score (nSPS) is 10.4. The molecule has 1 N–H and O–H groups in total. The third-order valence-corrected chi connectivity index (χ3v) is 5.15. The van der Waals surface area contributed by atoms with Crippen molar-refractivity contribution in [3.8, 4) is 5.75 Å². The molecular weight excluding hydrogens is 444 g/mol. The maximum absolute atomic E-state index is 13.2. The fourth-order valence-electron chi connectivity index (χ4n) is 3.08. The Morgan fingerprint density at radius 2 is 1.67 bits per heavy atom. The van der Waals surface area contributed by atoms with E-state index < -0.39 is 0 Å². The lowest BCUT2D eigenvalue weighted by Crippen LogP contribution is -2.31. The Bertz CT molecular complexity index is 1040. The summed E-state index contributed by atoms with van der Waals surface area (Å²) in [5, 5.41) is 2.87. The zero-order valence-corrected chi connectivity index (χ0v) is 18.5. The third-order valence-electron chi connectivity index (χ3n) is 4.53. The molecule has 0 fully saturated rings. The molecule has 3 aromatic carbocycles. The van der Waals surface area contributed by atoms with Crippen LogP contribution in [0.5, 0.6) is 5.75 Å². The zero-order valence-electron chi connectivity index (χ0n) is 16.9. The van der Waals surface area contributed by atoms with Crippen molar-refractivity contribution in [2.45, 2.75) is 13.8 Å². The van der Waals surface area contributed by atoms with Crippen LogP contribution in [0.15, 0.2) is 77.3 Å². The lowest BCUT2D eigenvalue weighted by Gasteiger charge is -2.22. The summed E-state index contributed by atoms with van der Waals surface area (Å²) in [5.41, 5.74) is 2.16. The number of para-hydroxylation sites is 2. The lowest BCUT2D eigenvalue weighted by molar-refractivity contribution is 0.0989. The van der Waals surface area contributed by atoms with E-state index in [0.717, 1.165) is 5.69 Å². The number of benzene rings is 3. The maximum atomic E-state index is 13.2. The van der Waals surface area contributed by atoms with Crippen LogP contribution in [0.25, 0.3) is 0 Å². The van der Waals surface area contributed by atoms with Gasteiger partial charge in [-0.1, -0.05) is 30.3 Å². The molecule has 0 aliphatic carbocycles. The first-order chi connectivity index (χ1) is 14.5. The monoisotopic (exact) mass is 466 g/mol. The van der Waals surface area contributed by atoms with Gasteiger partial charge < -0.3 is 15.0 Å². The van der Waals surface area contributed by atoms with Gasteiger partial charge in [0.05, 0.1) is 22.3 Å². The van der Waals surface area contributed by atoms with E-state index in [9.17, 15) is 9.59 Å². The Morgan fingerprint density at radius 3 is 2.33 bits per heavy atom. The SMILES string of the molecule is CCOc1ccc(C(=O)Nc2ccccc2C(=O)N(CC)c2ccccc2)cc1Br. The largest absolute Gasteiger partial charge is 0.493 e. The van der Waals surface area contributed by atoms with Gasteiger partial charge in [0.25, 0.3) is 11.8 Å². The van der Waals surface area contributed by atoms with E-state index in [1.807, 2.05) is 44.2 Å². The Labute approximate surface area is 184 Å². The first kappa shape index (κ1) is 21.6. The predicted molar refractivity (Wildman–Crippen MR) is 123 cm³/mol. The smallest absolute Gasteiger partial charge is 0.260 e. The van der Waals surface area contributed by atoms with E-state index in [1.54, 1.807) is 47.4 Å². The van der Waals surface area contributed by atoms with Gasteiger partial charge in [-0.2, -0.15) is 0 Å². The molecule has 30 heavy (non-hydrogen) atoms. The molecule has 154 valence electrons. The number of amides is 2. The van der Waals surface area contributed by atoms with Crippen LogP contribution in [-0.4, -0.2) is 25.0 Å². The van der Waals surface area contributed by atoms with Gasteiger partial charge in [-0.05, 0) is 72.2 Å². The standard InChI is InChI=1S/C24H23BrN2O3/c1-3-27(18-10-6-5-7-11-18)24(29)19-12-8-9-13-21(19)26-23(28)17-14-15-22(30-4-2)20(25)16-17/h5-16H,3-4H2,1-2H3,(H,26,28). The molecule has 0 bridgehead atoms. The van der Waals surface area contributed by atoms with E-state index in [4.69, 9.17) is 4.74 Å². The molecule has 0 heterocycles. The number of nitrogens with zero attached hydrogens (tertiary/aromatic N) is 1. The number of halogens is 1. The number of nitrogens with one attached hydrogen (secondary N) is 1. The molecule has 0 aliphatic heterocycles. The van der Waals surface area contributed by atoms with Gasteiger partial charge in [-0.15, -0.1) is 0 Å². The molecule has 0 saturated carbocycles. The summed E-state index contributed by atoms with van der Waals surface area (Å²) < 4.78 is 6.19. The van der Waals surface area contributed by atoms with E-state index >= 15 is 0 Å². The highest BCUT2D eigenvalue weighted by atomic mass is 79.9. The van der Waals surface area contributed by atoms with Crippen molar-refractivity contribution in [3.63, 3.8) is 0 Å². The fourth-order valence-corrected chi connectivity index (χ4v) is 3.58. The molecule has 0 saturated heterocycles. The number of carbonyl (C=O) groups is 2. The van der Waals surface area contributed by atoms with Crippen molar-refractivity contribution in [3.05, 3.63) is 88.4 Å². The summed E-state index contributed by atoms with van der Waals surface area (Å²) in [5.74, 6) is 0.195. The fraction of sp³-hybridized carbons (Fsp3) is 0.167. The van der Waals surface area contributed by atoms with Gasteiger partial charge in [0, 0.05) is 17.8 Å². The summed E-state index contributed by atoms with van der Waals surface area (Å²) in [7, 11) is 0. The minimum Gasteiger partial charge on any atom is -0.493 e. The molecule has 0 aliphatic rings. The van der Waals surface area contributed by atoms with Crippen LogP contribution >= 0.6 is 15.9 Å². The van der Waals surface area contributed by atoms with Crippen molar-refractivity contribution in [1.29, 1.82) is 0 Å². The van der Waals surface area contributed by atoms with Crippen LogP contribution in [-0.2, 0) is 0 Å². The highest BCUT2D eigenvalue weighted by Crippen LogP contribution is 2.27. The van der Waals surface area contributed by atoms with Gasteiger partial charge in [0.15, 0.2) is 0 Å². The van der Waals surface area contributed by atoms with Crippen molar-refractivity contribution < 1.29 is 14.3 Å². The van der Waals surface area contributed by atoms with Gasteiger partial charge in [-0.3, -0.25) is 9.59 Å². The first-order valence-corrected chi connectivity index (χ1v) is 10.5. The first-order valence-electron chi connectivity index (χ1n) is 9.74. The predicted octanol–water partition coefficient (Wildman–Crippen LogP) is 5.77. The number of carbonyl (C=O) groups excluding carboxylic acids is 2. The number of hydrogen-bond acceptors (Lipinski definition) is 3. The molecule has 3 aromatic rings. The van der Waals surface area contributed by atoms with Crippen LogP contribution in [0.2, 0.25) is 0 Å². The van der Waals surface area contributed by atoms with Gasteiger partial charge >= 0.3 is 0 Å². The Kier molecular flexibility index (Phi) is 7.25. The Balaban J connectivity index is 1.85. The van der Waals surface area contributed by atoms with Crippen LogP contribution in [0.4, 0.5) is 11.4 Å². The van der Waals surface area contributed by atoms with Crippen LogP contribution in [0.3, 0.4) is 0 Å². The quantitative estimate of drug-likeness (QED) is 0.480. The molecule has 3 rings (SSSR count). The van der Waals surface area contributed by atoms with Crippen molar-refractivity contribution in [2.75, 3.05) is 23.4 Å². The summed E-state index contributed by atoms with van der Waals surface area (Å²) in [6.07, 6.45) is 0. The highest BCUT2D eigenvalue weighted by molar-refractivity contribution is 9.10. The van der Waals surface area contributed by atoms with Gasteiger partial charge in [-0.25, -0.2) is 0 Å². The lowest BCUT2D eigenvalue weighted by atomic mass is 10.1. The number of ether oxygens (including phenoxy) is 1. The molecular formula is C24H23BrN2O3. The number of hydrogen-bond donors (Lipinski definition) is 1. The molecule has 0 atom stereocenters. The second-order valence-electron chi connectivity index (χ2n) is 6.46. The topological polar surface area (TPSA) is 58.6 Å². The maximum Gasteiger partial charge on any atom is 0.260 e. The van der Waals surface area contributed by atoms with E-state index in [-0.39, 0.29) is 11.8 Å². The van der Waals surface area contributed by atoms with E-state index in [0.29, 0.717) is 40.2 Å². The van der Waals surface area contributed by atoms with Gasteiger partial charge in [0.2, 0.25) is 0 Å². The third kappa shape index (κ3) is 4.89. The molecule has 2 amide bonds. The number of rotatable bonds is 7. The summed E-state index contributed by atoms with van der Waals surface area (Å²) in [4.78, 5) is 27.7. The minimum absolute atomic E-state index is 0.174. The van der Waals surface area contributed by atoms with E-state index in [1.165, 1.54) is 0 Å². The van der Waals surface area contributed by atoms with E-state index in [2.05, 4.69) is 21.2 Å². The highest BCUT2D eigenvalue weighted by Gasteiger charge is 2.20. The van der Waals surface area contributed by atoms with Crippen LogP contribution < -0.4 is 15.0 Å². The molecule has 0 unspecified atom stereocenters. The Hall–Kier alpha value is -3.12. The number of anilines is 2. The second-order valence-corrected chi connectivity index (χ2v) is 7.32. The van der Waals surface area contributed by atoms with Crippen LogP contribution in [0, 0.1) is 0 Å². The van der Waals surface area contributed by atoms with Crippen molar-refractivity contribution >= 4 is 39.1 Å². The molecule has 0 aromatic heterocycles. The molecule has 0 spiro atoms. The molecule has 0 radical (unpaired) electrons. The summed E-state index contributed by atoms with van der Waals surface area (Å²) >= 11 is 3.43. The molecule has 5 nitrogen and oxygen atoms in total. The summed E-state index contributed by atoms with van der Waals surface area (Å²) in [6, 6.07) is 21.6. The average Bonchev–Trinajstić information content (AvgIpc) is 2.77. The summed E-state index contributed by atoms with van der Waals surface area (Å²) in [6.45, 7) is 4.87.